The van der Waals surface area contributed by atoms with E-state index in [1.165, 1.54) is 12.8 Å². The molecule has 8 nitrogen and oxygen atoms in total. The molecule has 2 amide bonds. The number of carbonyl (C=O) groups is 1. The Balaban J connectivity index is 0.844. The van der Waals surface area contributed by atoms with Crippen LogP contribution in [0.2, 0.25) is 0 Å². The van der Waals surface area contributed by atoms with Crippen LogP contribution in [0.25, 0.3) is 0 Å². The predicted octanol–water partition coefficient (Wildman–Crippen LogP) is 3.68. The van der Waals surface area contributed by atoms with Gasteiger partial charge in [0.2, 0.25) is 0 Å². The SMILES string of the molecule is O=C(N1CC2(CC(Cc3nc(C(F)(F)F)c[nH]3)C2)C1)N1CC2(CC(c3nc(C4CC4)n[nH]3)C2)C1. The molecule has 4 heterocycles. The first-order valence-corrected chi connectivity index (χ1v) is 12.3. The van der Waals surface area contributed by atoms with E-state index in [1.54, 1.807) is 0 Å². The molecule has 3 aliphatic carbocycles. The number of likely N-dealkylation sites (tertiary alicyclic amines) is 2. The molecule has 2 saturated heterocycles. The number of hydrogen-bond donors (Lipinski definition) is 2. The Kier molecular flexibility index (Phi) is 4.12. The molecule has 2 aliphatic heterocycles. The first-order valence-electron chi connectivity index (χ1n) is 12.3. The minimum atomic E-state index is -4.41. The Bertz CT molecular complexity index is 1110. The van der Waals surface area contributed by atoms with Crippen molar-refractivity contribution >= 4 is 6.03 Å². The molecule has 2 aromatic heterocycles. The molecule has 0 radical (unpaired) electrons. The highest BCUT2D eigenvalue weighted by molar-refractivity contribution is 5.77. The van der Waals surface area contributed by atoms with Crippen LogP contribution in [-0.4, -0.2) is 67.2 Å². The molecule has 7 rings (SSSR count). The number of hydrogen-bond acceptors (Lipinski definition) is 4. The predicted molar refractivity (Wildman–Crippen MR) is 114 cm³/mol. The lowest BCUT2D eigenvalue weighted by molar-refractivity contribution is -0.141. The van der Waals surface area contributed by atoms with E-state index in [-0.39, 0.29) is 16.9 Å². The zero-order valence-corrected chi connectivity index (χ0v) is 18.9. The second-order valence-corrected chi connectivity index (χ2v) is 11.7. The van der Waals surface area contributed by atoms with E-state index in [2.05, 4.69) is 25.1 Å². The van der Waals surface area contributed by atoms with Gasteiger partial charge < -0.3 is 14.8 Å². The quantitative estimate of drug-likeness (QED) is 0.706. The average molecular weight is 476 g/mol. The smallest absolute Gasteiger partial charge is 0.348 e. The number of aromatic nitrogens is 5. The number of nitrogens with zero attached hydrogens (tertiary/aromatic N) is 5. The molecule has 0 unspecified atom stereocenters. The third-order valence-electron chi connectivity index (χ3n) is 8.70. The van der Waals surface area contributed by atoms with Crippen molar-refractivity contribution in [3.63, 3.8) is 0 Å². The van der Waals surface area contributed by atoms with E-state index in [1.807, 2.05) is 9.80 Å². The fourth-order valence-electron chi connectivity index (χ4n) is 6.88. The molecule has 2 aromatic rings. The van der Waals surface area contributed by atoms with Crippen molar-refractivity contribution < 1.29 is 18.0 Å². The van der Waals surface area contributed by atoms with Crippen molar-refractivity contribution in [1.82, 2.24) is 34.9 Å². The van der Waals surface area contributed by atoms with Gasteiger partial charge in [0.25, 0.3) is 0 Å². The minimum Gasteiger partial charge on any atom is -0.348 e. The Morgan fingerprint density at radius 3 is 2.24 bits per heavy atom. The Morgan fingerprint density at radius 1 is 1.00 bits per heavy atom. The normalized spacial score (nSPS) is 25.7. The molecule has 2 N–H and O–H groups in total. The van der Waals surface area contributed by atoms with Crippen LogP contribution in [-0.2, 0) is 12.6 Å². The molecule has 34 heavy (non-hydrogen) atoms. The summed E-state index contributed by atoms with van der Waals surface area (Å²) in [4.78, 5) is 27.8. The molecule has 5 aliphatic rings. The van der Waals surface area contributed by atoms with E-state index < -0.39 is 11.9 Å². The number of rotatable bonds is 4. The van der Waals surface area contributed by atoms with E-state index in [0.717, 1.165) is 69.7 Å². The first-order chi connectivity index (χ1) is 16.2. The maximum Gasteiger partial charge on any atom is 0.434 e. The number of alkyl halides is 3. The number of aromatic amines is 2. The number of imidazole rings is 1. The van der Waals surface area contributed by atoms with Crippen LogP contribution in [0, 0.1) is 16.7 Å². The van der Waals surface area contributed by atoms with Gasteiger partial charge in [-0.2, -0.15) is 18.3 Å². The van der Waals surface area contributed by atoms with Gasteiger partial charge in [-0.25, -0.2) is 14.8 Å². The molecule has 0 aromatic carbocycles. The number of nitrogens with one attached hydrogen (secondary N) is 2. The Hall–Kier alpha value is -2.59. The van der Waals surface area contributed by atoms with Crippen LogP contribution >= 0.6 is 0 Å². The first kappa shape index (κ1) is 20.8. The second kappa shape index (κ2) is 6.75. The summed E-state index contributed by atoms with van der Waals surface area (Å²) in [5.41, 5.74) is -0.434. The van der Waals surface area contributed by atoms with Crippen molar-refractivity contribution in [3.05, 3.63) is 29.4 Å². The number of carbonyl (C=O) groups excluding carboxylic acids is 1. The van der Waals surface area contributed by atoms with Crippen molar-refractivity contribution in [3.8, 4) is 0 Å². The summed E-state index contributed by atoms with van der Waals surface area (Å²) in [7, 11) is 0. The third-order valence-corrected chi connectivity index (χ3v) is 8.70. The molecule has 3 saturated carbocycles. The summed E-state index contributed by atoms with van der Waals surface area (Å²) in [5.74, 6) is 3.73. The van der Waals surface area contributed by atoms with Gasteiger partial charge in [-0.05, 0) is 44.4 Å². The van der Waals surface area contributed by atoms with E-state index in [9.17, 15) is 18.0 Å². The molecule has 11 heteroatoms. The minimum absolute atomic E-state index is 0.139. The molecule has 0 bridgehead atoms. The van der Waals surface area contributed by atoms with Gasteiger partial charge in [-0.15, -0.1) is 0 Å². The highest BCUT2D eigenvalue weighted by atomic mass is 19.4. The lowest BCUT2D eigenvalue weighted by Gasteiger charge is -2.63. The van der Waals surface area contributed by atoms with Crippen LogP contribution < -0.4 is 0 Å². The summed E-state index contributed by atoms with van der Waals surface area (Å²) < 4.78 is 38.1. The lowest BCUT2D eigenvalue weighted by Crippen LogP contribution is -2.71. The van der Waals surface area contributed by atoms with Gasteiger partial charge >= 0.3 is 12.2 Å². The highest BCUT2D eigenvalue weighted by Crippen LogP contribution is 2.57. The van der Waals surface area contributed by atoms with Crippen molar-refractivity contribution in [2.24, 2.45) is 16.7 Å². The zero-order chi connectivity index (χ0) is 23.3. The largest absolute Gasteiger partial charge is 0.434 e. The van der Waals surface area contributed by atoms with Crippen molar-refractivity contribution in [2.45, 2.75) is 63.0 Å². The van der Waals surface area contributed by atoms with E-state index in [4.69, 9.17) is 0 Å². The summed E-state index contributed by atoms with van der Waals surface area (Å²) >= 11 is 0. The summed E-state index contributed by atoms with van der Waals surface area (Å²) in [6.07, 6.45) is 3.52. The highest BCUT2D eigenvalue weighted by Gasteiger charge is 2.58. The van der Waals surface area contributed by atoms with Crippen molar-refractivity contribution in [2.75, 3.05) is 26.2 Å². The molecule has 0 atom stereocenters. The zero-order valence-electron chi connectivity index (χ0n) is 18.9. The van der Waals surface area contributed by atoms with Gasteiger partial charge in [-0.3, -0.25) is 5.10 Å². The summed E-state index contributed by atoms with van der Waals surface area (Å²) in [6, 6.07) is 0.139. The monoisotopic (exact) mass is 475 g/mol. The second-order valence-electron chi connectivity index (χ2n) is 11.7. The number of urea groups is 1. The molecule has 2 spiro atoms. The standard InChI is InChI=1S/C23H28F3N7O/c24-23(25,26)16-8-27-17(28-16)3-13-4-21(5-13)9-32(10-21)20(34)33-11-22(12-33)6-15(7-22)19-29-18(30-31-19)14-1-2-14/h8,13-15H,1-7,9-12H2,(H,27,28)(H,29,30,31). The Morgan fingerprint density at radius 2 is 1.65 bits per heavy atom. The van der Waals surface area contributed by atoms with E-state index >= 15 is 0 Å². The maximum atomic E-state index is 12.9. The van der Waals surface area contributed by atoms with Crippen LogP contribution in [0.15, 0.2) is 6.20 Å². The van der Waals surface area contributed by atoms with Crippen LogP contribution in [0.4, 0.5) is 18.0 Å². The van der Waals surface area contributed by atoms with Gasteiger partial charge in [0, 0.05) is 61.5 Å². The van der Waals surface area contributed by atoms with Gasteiger partial charge in [-0.1, -0.05) is 0 Å². The van der Waals surface area contributed by atoms with Crippen LogP contribution in [0.5, 0.6) is 0 Å². The fraction of sp³-hybridized carbons (Fsp3) is 0.739. The summed E-state index contributed by atoms with van der Waals surface area (Å²) in [5, 5.41) is 7.49. The van der Waals surface area contributed by atoms with Crippen LogP contribution in [0.3, 0.4) is 0 Å². The topological polar surface area (TPSA) is 93.8 Å². The fourth-order valence-corrected chi connectivity index (χ4v) is 6.88. The van der Waals surface area contributed by atoms with Gasteiger partial charge in [0.1, 0.15) is 11.6 Å². The van der Waals surface area contributed by atoms with Crippen molar-refractivity contribution in [1.29, 1.82) is 0 Å². The maximum absolute atomic E-state index is 12.9. The molecular weight excluding hydrogens is 447 g/mol. The molecule has 5 fully saturated rings. The lowest BCUT2D eigenvalue weighted by atomic mass is 9.56. The average Bonchev–Trinajstić information content (AvgIpc) is 3.19. The van der Waals surface area contributed by atoms with Gasteiger partial charge in [0.15, 0.2) is 11.5 Å². The number of halogens is 3. The Labute approximate surface area is 194 Å². The van der Waals surface area contributed by atoms with Gasteiger partial charge in [0.05, 0.1) is 0 Å². The number of H-pyrrole nitrogens is 2. The van der Waals surface area contributed by atoms with Crippen LogP contribution in [0.1, 0.15) is 73.5 Å². The molecule has 182 valence electrons. The number of amides is 2. The summed E-state index contributed by atoms with van der Waals surface area (Å²) in [6.45, 7) is 3.20. The molecular formula is C23H28F3N7O. The third kappa shape index (κ3) is 3.33. The van der Waals surface area contributed by atoms with E-state index in [0.29, 0.717) is 30.0 Å².